The van der Waals surface area contributed by atoms with Crippen LogP contribution in [0.2, 0.25) is 0 Å². The highest BCUT2D eigenvalue weighted by atomic mass is 16.7. The Labute approximate surface area is 170 Å². The minimum Gasteiger partial charge on any atom is -0.507 e. The van der Waals surface area contributed by atoms with E-state index in [4.69, 9.17) is 14.2 Å². The Hall–Kier alpha value is -2.86. The highest BCUT2D eigenvalue weighted by Gasteiger charge is 2.36. The first kappa shape index (κ1) is 20.9. The van der Waals surface area contributed by atoms with E-state index in [0.29, 0.717) is 35.0 Å². The molecule has 0 bridgehead atoms. The molecule has 1 aromatic carbocycles. The average molecular weight is 398 g/mol. The number of carbonyl (C=O) groups excluding carboxylic acids is 2. The maximum Gasteiger partial charge on any atom is 0.268 e. The Bertz CT molecular complexity index is 951. The van der Waals surface area contributed by atoms with Crippen molar-refractivity contribution in [1.29, 1.82) is 0 Å². The van der Waals surface area contributed by atoms with Gasteiger partial charge in [-0.1, -0.05) is 26.3 Å². The van der Waals surface area contributed by atoms with Gasteiger partial charge in [0.15, 0.2) is 5.76 Å². The molecule has 0 radical (unpaired) electrons. The zero-order valence-corrected chi connectivity index (χ0v) is 17.4. The number of hydrogen-bond donors (Lipinski definition) is 1. The second-order valence-corrected chi connectivity index (χ2v) is 7.21. The lowest BCUT2D eigenvalue weighted by atomic mass is 9.87. The van der Waals surface area contributed by atoms with E-state index in [0.717, 1.165) is 12.0 Å². The van der Waals surface area contributed by atoms with Crippen LogP contribution in [0.5, 0.6) is 5.75 Å². The van der Waals surface area contributed by atoms with E-state index in [-0.39, 0.29) is 17.1 Å². The van der Waals surface area contributed by atoms with Crippen LogP contribution in [-0.4, -0.2) is 30.4 Å². The molecule has 3 rings (SSSR count). The predicted molar refractivity (Wildman–Crippen MR) is 109 cm³/mol. The van der Waals surface area contributed by atoms with Crippen molar-refractivity contribution in [3.8, 4) is 5.75 Å². The Morgan fingerprint density at radius 3 is 2.59 bits per heavy atom. The summed E-state index contributed by atoms with van der Waals surface area (Å²) in [7, 11) is 1.33. The topological polar surface area (TPSA) is 82.1 Å². The van der Waals surface area contributed by atoms with Crippen LogP contribution in [0.15, 0.2) is 29.2 Å². The number of methoxy groups -OCH3 is 1. The van der Waals surface area contributed by atoms with Crippen LogP contribution in [0.3, 0.4) is 0 Å². The molecule has 154 valence electrons. The predicted octanol–water partition coefficient (Wildman–Crippen LogP) is 4.54. The first-order chi connectivity index (χ1) is 13.8. The molecule has 2 aliphatic rings. The quantitative estimate of drug-likeness (QED) is 0.708. The second-order valence-electron chi connectivity index (χ2n) is 7.21. The zero-order chi connectivity index (χ0) is 21.3. The van der Waals surface area contributed by atoms with Crippen LogP contribution in [0.4, 0.5) is 0 Å². The number of carbonyl (C=O) groups is 2. The second kappa shape index (κ2) is 8.25. The number of benzene rings is 1. The maximum absolute atomic E-state index is 12.5. The molecule has 6 heteroatoms. The third kappa shape index (κ3) is 3.72. The zero-order valence-electron chi connectivity index (χ0n) is 17.4. The van der Waals surface area contributed by atoms with Crippen LogP contribution < -0.4 is 0 Å². The number of ketones is 2. The fourth-order valence-electron chi connectivity index (χ4n) is 3.48. The van der Waals surface area contributed by atoms with Gasteiger partial charge in [0.25, 0.3) is 5.78 Å². The van der Waals surface area contributed by atoms with Crippen molar-refractivity contribution in [2.75, 3.05) is 13.7 Å². The number of Topliss-reactive ketones (excluding diaryl/α,β-unsaturated/α-hetero) is 2. The molecule has 6 nitrogen and oxygen atoms in total. The fourth-order valence-corrected chi connectivity index (χ4v) is 3.48. The van der Waals surface area contributed by atoms with Gasteiger partial charge < -0.3 is 19.3 Å². The molecular formula is C23H26O6. The van der Waals surface area contributed by atoms with Gasteiger partial charge in [0.2, 0.25) is 12.1 Å². The molecule has 1 aromatic rings. The summed E-state index contributed by atoms with van der Waals surface area (Å²) < 4.78 is 16.7. The smallest absolute Gasteiger partial charge is 0.268 e. The highest BCUT2D eigenvalue weighted by molar-refractivity contribution is 6.51. The maximum atomic E-state index is 12.5. The monoisotopic (exact) mass is 398 g/mol. The number of allylic oxidation sites excluding steroid dienone is 3. The lowest BCUT2D eigenvalue weighted by Crippen LogP contribution is -2.24. The Balaban J connectivity index is 2.20. The molecule has 1 aliphatic heterocycles. The molecular weight excluding hydrogens is 372 g/mol. The first-order valence-corrected chi connectivity index (χ1v) is 9.75. The molecule has 1 aliphatic carbocycles. The van der Waals surface area contributed by atoms with Gasteiger partial charge in [0.1, 0.15) is 11.5 Å². The molecule has 0 amide bonds. The van der Waals surface area contributed by atoms with E-state index >= 15 is 0 Å². The van der Waals surface area contributed by atoms with Crippen LogP contribution in [0, 0.1) is 5.92 Å². The molecule has 0 spiro atoms. The van der Waals surface area contributed by atoms with E-state index in [1.807, 2.05) is 19.9 Å². The number of aromatic hydroxyl groups is 1. The summed E-state index contributed by atoms with van der Waals surface area (Å²) >= 11 is 0. The Morgan fingerprint density at radius 2 is 1.97 bits per heavy atom. The molecule has 0 fully saturated rings. The molecule has 0 saturated carbocycles. The van der Waals surface area contributed by atoms with Gasteiger partial charge in [0.05, 0.1) is 18.2 Å². The van der Waals surface area contributed by atoms with E-state index in [9.17, 15) is 14.7 Å². The van der Waals surface area contributed by atoms with Gasteiger partial charge in [-0.15, -0.1) is 0 Å². The molecule has 0 aromatic heterocycles. The summed E-state index contributed by atoms with van der Waals surface area (Å²) in [6.45, 7) is 8.38. The van der Waals surface area contributed by atoms with Crippen molar-refractivity contribution in [1.82, 2.24) is 0 Å². The Morgan fingerprint density at radius 1 is 1.24 bits per heavy atom. The number of ether oxygens (including phenoxy) is 3. The van der Waals surface area contributed by atoms with Gasteiger partial charge >= 0.3 is 0 Å². The summed E-state index contributed by atoms with van der Waals surface area (Å²) in [5.74, 6) is -0.906. The standard InChI is InChI=1S/C23H26O6/c1-6-12(3)8-13(4)16-10-15-9-14-11-17(27-5)20(24)22(26)18(14)21(25)19(15)23(29-16)28-7-2/h8-12,23,25H,6-7H2,1-5H3/b13-8+. The first-order valence-electron chi connectivity index (χ1n) is 9.75. The largest absolute Gasteiger partial charge is 0.507 e. The number of rotatable bonds is 6. The van der Waals surface area contributed by atoms with E-state index in [2.05, 4.69) is 19.9 Å². The molecule has 2 atom stereocenters. The number of phenolic OH excluding ortho intramolecular Hbond substituents is 1. The summed E-state index contributed by atoms with van der Waals surface area (Å²) in [6.07, 6.45) is 5.55. The number of phenols is 1. The molecule has 1 N–H and O–H groups in total. The van der Waals surface area contributed by atoms with Gasteiger partial charge in [-0.05, 0) is 54.7 Å². The van der Waals surface area contributed by atoms with Crippen molar-refractivity contribution < 1.29 is 28.9 Å². The normalized spacial score (nSPS) is 19.6. The molecule has 29 heavy (non-hydrogen) atoms. The third-order valence-corrected chi connectivity index (χ3v) is 5.21. The highest BCUT2D eigenvalue weighted by Crippen LogP contribution is 2.44. The van der Waals surface area contributed by atoms with Crippen molar-refractivity contribution in [2.45, 2.75) is 40.4 Å². The summed E-state index contributed by atoms with van der Waals surface area (Å²) in [5, 5.41) is 10.9. The van der Waals surface area contributed by atoms with Crippen LogP contribution >= 0.6 is 0 Å². The SMILES string of the molecule is CCOC1OC(/C(C)=C/C(C)CC)=Cc2cc3c(c(O)c21)C(=O)C(=O)C(OC)=C3. The Kier molecular flexibility index (Phi) is 5.94. The minimum absolute atomic E-state index is 0.0488. The van der Waals surface area contributed by atoms with Gasteiger partial charge in [-0.25, -0.2) is 0 Å². The molecule has 1 heterocycles. The minimum atomic E-state index is -0.878. The van der Waals surface area contributed by atoms with Crippen LogP contribution in [-0.2, 0) is 19.0 Å². The molecule has 2 unspecified atom stereocenters. The van der Waals surface area contributed by atoms with Crippen LogP contribution in [0.1, 0.15) is 67.5 Å². The van der Waals surface area contributed by atoms with E-state index in [1.165, 1.54) is 13.2 Å². The van der Waals surface area contributed by atoms with Gasteiger partial charge in [-0.2, -0.15) is 0 Å². The van der Waals surface area contributed by atoms with Crippen LogP contribution in [0.25, 0.3) is 12.2 Å². The summed E-state index contributed by atoms with van der Waals surface area (Å²) in [6, 6.07) is 1.75. The number of fused-ring (bicyclic) bond motifs is 2. The third-order valence-electron chi connectivity index (χ3n) is 5.21. The van der Waals surface area contributed by atoms with E-state index in [1.54, 1.807) is 6.07 Å². The van der Waals surface area contributed by atoms with E-state index < -0.39 is 17.9 Å². The average Bonchev–Trinajstić information content (AvgIpc) is 2.70. The van der Waals surface area contributed by atoms with Crippen molar-refractivity contribution >= 4 is 23.7 Å². The van der Waals surface area contributed by atoms with Crippen molar-refractivity contribution in [3.05, 3.63) is 51.5 Å². The molecule has 0 saturated heterocycles. The number of hydrogen-bond acceptors (Lipinski definition) is 6. The van der Waals surface area contributed by atoms with Crippen molar-refractivity contribution in [2.24, 2.45) is 5.92 Å². The van der Waals surface area contributed by atoms with Gasteiger partial charge in [-0.3, -0.25) is 9.59 Å². The summed E-state index contributed by atoms with van der Waals surface area (Å²) in [5.41, 5.74) is 2.37. The van der Waals surface area contributed by atoms with Gasteiger partial charge in [0, 0.05) is 6.61 Å². The fraction of sp³-hybridized carbons (Fsp3) is 0.391. The lowest BCUT2D eigenvalue weighted by molar-refractivity contribution is -0.117. The lowest BCUT2D eigenvalue weighted by Gasteiger charge is -2.29. The summed E-state index contributed by atoms with van der Waals surface area (Å²) in [4.78, 5) is 24.7. The van der Waals surface area contributed by atoms with Crippen molar-refractivity contribution in [3.63, 3.8) is 0 Å².